The average molecular weight is 315 g/mol. The summed E-state index contributed by atoms with van der Waals surface area (Å²) < 4.78 is 13.5. The Morgan fingerprint density at radius 2 is 2.10 bits per heavy atom. The second-order valence-electron chi connectivity index (χ2n) is 5.82. The Labute approximate surface area is 131 Å². The van der Waals surface area contributed by atoms with Crippen LogP contribution < -0.4 is 11.1 Å². The third-order valence-electron chi connectivity index (χ3n) is 4.15. The minimum atomic E-state index is -0.556. The molecule has 0 heterocycles. The highest BCUT2D eigenvalue weighted by Crippen LogP contribution is 2.41. The van der Waals surface area contributed by atoms with Crippen molar-refractivity contribution in [1.82, 2.24) is 5.32 Å². The molecular formula is C16H24ClFN2O. The summed E-state index contributed by atoms with van der Waals surface area (Å²) >= 11 is 0. The second kappa shape index (κ2) is 7.76. The largest absolute Gasteiger partial charge is 0.355 e. The first-order valence-electron chi connectivity index (χ1n) is 7.34. The molecule has 1 atom stereocenters. The van der Waals surface area contributed by atoms with E-state index in [0.717, 1.165) is 37.7 Å². The fraction of sp³-hybridized carbons (Fsp3) is 0.562. The number of carbonyl (C=O) groups is 1. The molecule has 118 valence electrons. The molecule has 3 nitrogen and oxygen atoms in total. The lowest BCUT2D eigenvalue weighted by atomic mass is 9.78. The molecule has 1 aromatic carbocycles. The van der Waals surface area contributed by atoms with Gasteiger partial charge in [0.15, 0.2) is 0 Å². The zero-order valence-corrected chi connectivity index (χ0v) is 13.2. The third kappa shape index (κ3) is 4.17. The van der Waals surface area contributed by atoms with E-state index in [0.29, 0.717) is 6.54 Å². The number of rotatable bonds is 5. The summed E-state index contributed by atoms with van der Waals surface area (Å²) in [6.45, 7) is 2.50. The molecule has 1 fully saturated rings. The SMILES string of the molecule is CC(N)CCNC(=O)C1(c2cccc(F)c2)CCCC1.Cl. The van der Waals surface area contributed by atoms with Crippen molar-refractivity contribution in [3.63, 3.8) is 0 Å². The van der Waals surface area contributed by atoms with Crippen LogP contribution in [0.3, 0.4) is 0 Å². The molecule has 0 aromatic heterocycles. The van der Waals surface area contributed by atoms with Crippen molar-refractivity contribution in [2.45, 2.75) is 50.5 Å². The molecule has 5 heteroatoms. The van der Waals surface area contributed by atoms with Gasteiger partial charge in [-0.15, -0.1) is 12.4 Å². The van der Waals surface area contributed by atoms with Crippen LogP contribution in [-0.2, 0) is 10.2 Å². The molecule has 3 N–H and O–H groups in total. The Morgan fingerprint density at radius 3 is 2.67 bits per heavy atom. The highest BCUT2D eigenvalue weighted by Gasteiger charge is 2.42. The van der Waals surface area contributed by atoms with Crippen molar-refractivity contribution in [2.75, 3.05) is 6.54 Å². The van der Waals surface area contributed by atoms with E-state index in [-0.39, 0.29) is 30.2 Å². The van der Waals surface area contributed by atoms with E-state index in [2.05, 4.69) is 5.32 Å². The van der Waals surface area contributed by atoms with Crippen molar-refractivity contribution < 1.29 is 9.18 Å². The molecule has 2 rings (SSSR count). The number of halogens is 2. The van der Waals surface area contributed by atoms with E-state index in [1.54, 1.807) is 6.07 Å². The van der Waals surface area contributed by atoms with Gasteiger partial charge in [0, 0.05) is 12.6 Å². The third-order valence-corrected chi connectivity index (χ3v) is 4.15. The van der Waals surface area contributed by atoms with Crippen molar-refractivity contribution in [1.29, 1.82) is 0 Å². The zero-order valence-electron chi connectivity index (χ0n) is 12.4. The Morgan fingerprint density at radius 1 is 1.43 bits per heavy atom. The Kier molecular flexibility index (Phi) is 6.62. The number of hydrogen-bond donors (Lipinski definition) is 2. The molecule has 0 spiro atoms. The molecule has 1 aliphatic rings. The maximum absolute atomic E-state index is 13.5. The topological polar surface area (TPSA) is 55.1 Å². The lowest BCUT2D eigenvalue weighted by Crippen LogP contribution is -2.43. The van der Waals surface area contributed by atoms with E-state index in [4.69, 9.17) is 5.73 Å². The molecule has 1 saturated carbocycles. The molecule has 1 aromatic rings. The molecule has 0 radical (unpaired) electrons. The predicted molar refractivity (Wildman–Crippen MR) is 85.1 cm³/mol. The summed E-state index contributed by atoms with van der Waals surface area (Å²) in [6, 6.07) is 6.53. The van der Waals surface area contributed by atoms with Crippen LogP contribution in [0.15, 0.2) is 24.3 Å². The highest BCUT2D eigenvalue weighted by atomic mass is 35.5. The molecular weight excluding hydrogens is 291 g/mol. The van der Waals surface area contributed by atoms with Gasteiger partial charge >= 0.3 is 0 Å². The number of hydrogen-bond acceptors (Lipinski definition) is 2. The van der Waals surface area contributed by atoms with Crippen LogP contribution in [0.2, 0.25) is 0 Å². The molecule has 1 unspecified atom stereocenters. The first-order chi connectivity index (χ1) is 9.54. The lowest BCUT2D eigenvalue weighted by molar-refractivity contribution is -0.126. The van der Waals surface area contributed by atoms with E-state index in [9.17, 15) is 9.18 Å². The minimum Gasteiger partial charge on any atom is -0.355 e. The van der Waals surface area contributed by atoms with Gasteiger partial charge < -0.3 is 11.1 Å². The van der Waals surface area contributed by atoms with Gasteiger partial charge in [-0.25, -0.2) is 4.39 Å². The summed E-state index contributed by atoms with van der Waals surface area (Å²) in [6.07, 6.45) is 4.36. The van der Waals surface area contributed by atoms with Gasteiger partial charge in [0.25, 0.3) is 0 Å². The summed E-state index contributed by atoms with van der Waals surface area (Å²) in [5.41, 5.74) is 5.94. The summed E-state index contributed by atoms with van der Waals surface area (Å²) in [4.78, 5) is 12.6. The van der Waals surface area contributed by atoms with Crippen molar-refractivity contribution >= 4 is 18.3 Å². The fourth-order valence-electron chi connectivity index (χ4n) is 2.99. The highest BCUT2D eigenvalue weighted by molar-refractivity contribution is 5.88. The van der Waals surface area contributed by atoms with Crippen LogP contribution in [0.4, 0.5) is 4.39 Å². The van der Waals surface area contributed by atoms with E-state index < -0.39 is 5.41 Å². The van der Waals surface area contributed by atoms with E-state index in [1.165, 1.54) is 12.1 Å². The van der Waals surface area contributed by atoms with Crippen molar-refractivity contribution in [3.05, 3.63) is 35.6 Å². The van der Waals surface area contributed by atoms with Crippen LogP contribution in [-0.4, -0.2) is 18.5 Å². The molecule has 0 aliphatic heterocycles. The van der Waals surface area contributed by atoms with Gasteiger partial charge in [0.2, 0.25) is 5.91 Å². The number of nitrogens with one attached hydrogen (secondary N) is 1. The molecule has 1 aliphatic carbocycles. The smallest absolute Gasteiger partial charge is 0.230 e. The maximum Gasteiger partial charge on any atom is 0.230 e. The van der Waals surface area contributed by atoms with E-state index >= 15 is 0 Å². The van der Waals surface area contributed by atoms with E-state index in [1.807, 2.05) is 13.0 Å². The van der Waals surface area contributed by atoms with Gasteiger partial charge in [-0.05, 0) is 43.9 Å². The van der Waals surface area contributed by atoms with Crippen LogP contribution in [0.1, 0.15) is 44.6 Å². The van der Waals surface area contributed by atoms with Crippen LogP contribution in [0.25, 0.3) is 0 Å². The number of benzene rings is 1. The molecule has 1 amide bonds. The Bertz CT molecular complexity index is 473. The Hall–Kier alpha value is -1.13. The molecule has 21 heavy (non-hydrogen) atoms. The van der Waals surface area contributed by atoms with Gasteiger partial charge in [0.1, 0.15) is 5.82 Å². The standard InChI is InChI=1S/C16H23FN2O.ClH/c1-12(18)7-10-19-15(20)16(8-2-3-9-16)13-5-4-6-14(17)11-13;/h4-6,11-12H,2-3,7-10,18H2,1H3,(H,19,20);1H. The summed E-state index contributed by atoms with van der Waals surface area (Å²) in [7, 11) is 0. The normalized spacial score (nSPS) is 17.9. The van der Waals surface area contributed by atoms with Crippen LogP contribution >= 0.6 is 12.4 Å². The summed E-state index contributed by atoms with van der Waals surface area (Å²) in [5, 5.41) is 2.97. The lowest BCUT2D eigenvalue weighted by Gasteiger charge is -2.28. The number of nitrogens with two attached hydrogens (primary N) is 1. The van der Waals surface area contributed by atoms with Gasteiger partial charge in [-0.2, -0.15) is 0 Å². The maximum atomic E-state index is 13.5. The minimum absolute atomic E-state index is 0. The molecule has 0 saturated heterocycles. The Balaban J connectivity index is 0.00000220. The first kappa shape index (κ1) is 17.9. The monoisotopic (exact) mass is 314 g/mol. The second-order valence-corrected chi connectivity index (χ2v) is 5.82. The van der Waals surface area contributed by atoms with Gasteiger partial charge in [-0.1, -0.05) is 25.0 Å². The number of amides is 1. The average Bonchev–Trinajstić information content (AvgIpc) is 2.88. The van der Waals surface area contributed by atoms with Crippen molar-refractivity contribution in [3.8, 4) is 0 Å². The van der Waals surface area contributed by atoms with Gasteiger partial charge in [0.05, 0.1) is 5.41 Å². The van der Waals surface area contributed by atoms with Crippen molar-refractivity contribution in [2.24, 2.45) is 5.73 Å². The molecule has 0 bridgehead atoms. The zero-order chi connectivity index (χ0) is 14.6. The van der Waals surface area contributed by atoms with Crippen LogP contribution in [0.5, 0.6) is 0 Å². The first-order valence-corrected chi connectivity index (χ1v) is 7.34. The van der Waals surface area contributed by atoms with Crippen LogP contribution in [0, 0.1) is 5.82 Å². The van der Waals surface area contributed by atoms with Gasteiger partial charge in [-0.3, -0.25) is 4.79 Å². The number of carbonyl (C=O) groups excluding carboxylic acids is 1. The fourth-order valence-corrected chi connectivity index (χ4v) is 2.99. The quantitative estimate of drug-likeness (QED) is 0.878. The predicted octanol–water partition coefficient (Wildman–Crippen LogP) is 2.91. The summed E-state index contributed by atoms with van der Waals surface area (Å²) in [5.74, 6) is -0.265.